The van der Waals surface area contributed by atoms with E-state index in [9.17, 15) is 4.21 Å². The first-order chi connectivity index (χ1) is 8.63. The average Bonchev–Trinajstić information content (AvgIpc) is 2.39. The van der Waals surface area contributed by atoms with Gasteiger partial charge in [-0.2, -0.15) is 0 Å². The van der Waals surface area contributed by atoms with Crippen LogP contribution in [-0.4, -0.2) is 22.5 Å². The Morgan fingerprint density at radius 2 is 1.89 bits per heavy atom. The van der Waals surface area contributed by atoms with Crippen LogP contribution in [0.2, 0.25) is 0 Å². The fourth-order valence-corrected chi connectivity index (χ4v) is 4.05. The molecule has 3 unspecified atom stereocenters. The number of benzene rings is 1. The summed E-state index contributed by atoms with van der Waals surface area (Å²) >= 11 is 3.40. The fraction of sp³-hybridized carbons (Fsp3) is 0.571. The van der Waals surface area contributed by atoms with Gasteiger partial charge >= 0.3 is 0 Å². The van der Waals surface area contributed by atoms with Crippen molar-refractivity contribution in [2.24, 2.45) is 0 Å². The summed E-state index contributed by atoms with van der Waals surface area (Å²) in [6, 6.07) is 8.12. The van der Waals surface area contributed by atoms with E-state index in [4.69, 9.17) is 0 Å². The van der Waals surface area contributed by atoms with Gasteiger partial charge in [0.2, 0.25) is 0 Å². The number of hydrogen-bond donors (Lipinski definition) is 1. The van der Waals surface area contributed by atoms with Gasteiger partial charge in [0.15, 0.2) is 0 Å². The van der Waals surface area contributed by atoms with Crippen LogP contribution in [0.25, 0.3) is 0 Å². The van der Waals surface area contributed by atoms with E-state index < -0.39 is 10.8 Å². The molecule has 0 bridgehead atoms. The van der Waals surface area contributed by atoms with Gasteiger partial charge in [0.1, 0.15) is 0 Å². The monoisotopic (exact) mass is 331 g/mol. The van der Waals surface area contributed by atoms with Crippen molar-refractivity contribution in [2.45, 2.75) is 49.3 Å². The van der Waals surface area contributed by atoms with Gasteiger partial charge in [-0.05, 0) is 44.2 Å². The molecule has 0 spiro atoms. The molecule has 102 valence electrons. The summed E-state index contributed by atoms with van der Waals surface area (Å²) in [5, 5.41) is 3.49. The topological polar surface area (TPSA) is 29.1 Å². The summed E-state index contributed by atoms with van der Waals surface area (Å²) in [6.07, 6.45) is 3.10. The quantitative estimate of drug-likeness (QED) is 0.824. The van der Waals surface area contributed by atoms with Crippen LogP contribution in [0.15, 0.2) is 33.6 Å². The van der Waals surface area contributed by atoms with Crippen LogP contribution in [0.1, 0.15) is 33.1 Å². The van der Waals surface area contributed by atoms with Gasteiger partial charge < -0.3 is 5.32 Å². The van der Waals surface area contributed by atoms with Crippen molar-refractivity contribution < 1.29 is 4.21 Å². The molecule has 0 radical (unpaired) electrons. The summed E-state index contributed by atoms with van der Waals surface area (Å²) in [6.45, 7) is 4.28. The summed E-state index contributed by atoms with van der Waals surface area (Å²) in [5.41, 5.74) is 0. The van der Waals surface area contributed by atoms with E-state index in [0.717, 1.165) is 28.6 Å². The molecule has 0 fully saturated rings. The van der Waals surface area contributed by atoms with Crippen LogP contribution in [-0.2, 0) is 10.8 Å². The highest BCUT2D eigenvalue weighted by molar-refractivity contribution is 9.10. The lowest BCUT2D eigenvalue weighted by Crippen LogP contribution is -2.39. The molecule has 1 aromatic rings. The van der Waals surface area contributed by atoms with Crippen molar-refractivity contribution in [3.05, 3.63) is 28.7 Å². The Morgan fingerprint density at radius 3 is 2.33 bits per heavy atom. The minimum absolute atomic E-state index is 0.177. The highest BCUT2D eigenvalue weighted by atomic mass is 79.9. The van der Waals surface area contributed by atoms with E-state index in [1.54, 1.807) is 0 Å². The van der Waals surface area contributed by atoms with Gasteiger partial charge in [0.25, 0.3) is 0 Å². The molecule has 0 aromatic heterocycles. The van der Waals surface area contributed by atoms with E-state index in [0.29, 0.717) is 6.04 Å². The first-order valence-electron chi connectivity index (χ1n) is 6.47. The maximum Gasteiger partial charge on any atom is 0.0576 e. The lowest BCUT2D eigenvalue weighted by Gasteiger charge is -2.25. The average molecular weight is 332 g/mol. The van der Waals surface area contributed by atoms with Crippen LogP contribution in [0.4, 0.5) is 0 Å². The summed E-state index contributed by atoms with van der Waals surface area (Å²) in [5.74, 6) is 0. The minimum Gasteiger partial charge on any atom is -0.316 e. The third kappa shape index (κ3) is 4.18. The molecule has 0 aliphatic rings. The van der Waals surface area contributed by atoms with Gasteiger partial charge in [-0.1, -0.05) is 36.2 Å². The van der Waals surface area contributed by atoms with Crippen molar-refractivity contribution in [2.75, 3.05) is 7.05 Å². The standard InChI is InChI=1S/C14H22BrNOS/c1-4-6-13(16-3)14(5-2)18(17)12-9-7-11(15)8-10-12/h7-10,13-14,16H,4-6H2,1-3H3. The number of halogens is 1. The van der Waals surface area contributed by atoms with Crippen molar-refractivity contribution in [3.63, 3.8) is 0 Å². The Hall–Kier alpha value is -0.190. The summed E-state index contributed by atoms with van der Waals surface area (Å²) < 4.78 is 13.6. The second kappa shape index (κ2) is 8.08. The number of hydrogen-bond acceptors (Lipinski definition) is 2. The molecule has 4 heteroatoms. The van der Waals surface area contributed by atoms with Crippen LogP contribution in [0, 0.1) is 0 Å². The molecule has 3 atom stereocenters. The van der Waals surface area contributed by atoms with E-state index in [1.807, 2.05) is 31.3 Å². The first kappa shape index (κ1) is 15.9. The molecule has 0 aliphatic carbocycles. The summed E-state index contributed by atoms with van der Waals surface area (Å²) in [4.78, 5) is 0.918. The second-order valence-corrected chi connectivity index (χ2v) is 6.97. The normalized spacial score (nSPS) is 16.2. The molecule has 0 amide bonds. The van der Waals surface area contributed by atoms with E-state index in [2.05, 4.69) is 35.1 Å². The zero-order chi connectivity index (χ0) is 13.5. The van der Waals surface area contributed by atoms with Gasteiger partial charge in [-0.25, -0.2) is 0 Å². The molecular weight excluding hydrogens is 310 g/mol. The largest absolute Gasteiger partial charge is 0.316 e. The van der Waals surface area contributed by atoms with Crippen LogP contribution < -0.4 is 5.32 Å². The Labute approximate surface area is 121 Å². The molecule has 1 N–H and O–H groups in total. The van der Waals surface area contributed by atoms with Crippen molar-refractivity contribution in [1.82, 2.24) is 5.32 Å². The predicted octanol–water partition coefficient (Wildman–Crippen LogP) is 3.72. The molecule has 0 aliphatic heterocycles. The van der Waals surface area contributed by atoms with Crippen LogP contribution in [0.5, 0.6) is 0 Å². The lowest BCUT2D eigenvalue weighted by atomic mass is 10.1. The van der Waals surface area contributed by atoms with Gasteiger partial charge in [-0.3, -0.25) is 4.21 Å². The Bertz CT molecular complexity index is 380. The highest BCUT2D eigenvalue weighted by Gasteiger charge is 2.24. The van der Waals surface area contributed by atoms with Gasteiger partial charge in [0, 0.05) is 15.4 Å². The number of nitrogens with one attached hydrogen (secondary N) is 1. The van der Waals surface area contributed by atoms with Gasteiger partial charge in [-0.15, -0.1) is 0 Å². The third-order valence-corrected chi connectivity index (χ3v) is 5.62. The van der Waals surface area contributed by atoms with Crippen LogP contribution in [0.3, 0.4) is 0 Å². The maximum absolute atomic E-state index is 12.6. The fourth-order valence-electron chi connectivity index (χ4n) is 2.16. The van der Waals surface area contributed by atoms with Crippen LogP contribution >= 0.6 is 15.9 Å². The Kier molecular flexibility index (Phi) is 7.12. The maximum atomic E-state index is 12.6. The summed E-state index contributed by atoms with van der Waals surface area (Å²) in [7, 11) is 1.02. The van der Waals surface area contributed by atoms with Crippen molar-refractivity contribution in [1.29, 1.82) is 0 Å². The Morgan fingerprint density at radius 1 is 1.28 bits per heavy atom. The molecule has 1 aromatic carbocycles. The van der Waals surface area contributed by atoms with E-state index >= 15 is 0 Å². The number of rotatable bonds is 7. The van der Waals surface area contributed by atoms with E-state index in [1.165, 1.54) is 0 Å². The molecule has 0 saturated carbocycles. The van der Waals surface area contributed by atoms with Gasteiger partial charge in [0.05, 0.1) is 16.0 Å². The molecule has 1 rings (SSSR count). The molecule has 18 heavy (non-hydrogen) atoms. The highest BCUT2D eigenvalue weighted by Crippen LogP contribution is 2.21. The second-order valence-electron chi connectivity index (χ2n) is 4.38. The van der Waals surface area contributed by atoms with Crippen molar-refractivity contribution in [3.8, 4) is 0 Å². The van der Waals surface area contributed by atoms with Crippen molar-refractivity contribution >= 4 is 26.7 Å². The predicted molar refractivity (Wildman–Crippen MR) is 82.4 cm³/mol. The molecule has 2 nitrogen and oxygen atoms in total. The first-order valence-corrected chi connectivity index (χ1v) is 8.48. The minimum atomic E-state index is -0.944. The molecule has 0 heterocycles. The SMILES string of the molecule is CCCC(NC)C(CC)S(=O)c1ccc(Br)cc1. The zero-order valence-electron chi connectivity index (χ0n) is 11.3. The molecule has 0 saturated heterocycles. The third-order valence-electron chi connectivity index (χ3n) is 3.14. The lowest BCUT2D eigenvalue weighted by molar-refractivity contribution is 0.481. The molecular formula is C14H22BrNOS. The zero-order valence-corrected chi connectivity index (χ0v) is 13.7. The van der Waals surface area contributed by atoms with E-state index in [-0.39, 0.29) is 5.25 Å². The Balaban J connectivity index is 2.87. The smallest absolute Gasteiger partial charge is 0.0576 e.